The molecule has 31 heavy (non-hydrogen) atoms. The number of hydrogen-bond donors (Lipinski definition) is 0. The first-order chi connectivity index (χ1) is 14.0. The fourth-order valence-corrected chi connectivity index (χ4v) is 3.56. The molecule has 0 spiro atoms. The minimum absolute atomic E-state index is 0. The monoisotopic (exact) mass is 480 g/mol. The molecule has 0 N–H and O–H groups in total. The van der Waals surface area contributed by atoms with Crippen LogP contribution < -0.4 is 59.1 Å². The van der Waals surface area contributed by atoms with Gasteiger partial charge in [0.1, 0.15) is 0 Å². The fourth-order valence-electron chi connectivity index (χ4n) is 3.24. The van der Waals surface area contributed by atoms with Gasteiger partial charge in [0.25, 0.3) is 0 Å². The van der Waals surface area contributed by atoms with Crippen molar-refractivity contribution in [3.63, 3.8) is 0 Å². The summed E-state index contributed by atoms with van der Waals surface area (Å²) >= 11 is 0. The minimum atomic E-state index is -4.48. The van der Waals surface area contributed by atoms with Gasteiger partial charge in [-0.25, -0.2) is 8.42 Å². The van der Waals surface area contributed by atoms with Crippen LogP contribution in [0.5, 0.6) is 0 Å². The first-order valence-electron chi connectivity index (χ1n) is 12.4. The smallest absolute Gasteiger partial charge is 0.726 e. The molecule has 0 saturated heterocycles. The quantitative estimate of drug-likeness (QED) is 0.0830. The van der Waals surface area contributed by atoms with E-state index in [4.69, 9.17) is 0 Å². The van der Waals surface area contributed by atoms with Gasteiger partial charge in [0, 0.05) is 0 Å². The summed E-state index contributed by atoms with van der Waals surface area (Å²) in [6.07, 6.45) is 25.6. The van der Waals surface area contributed by atoms with Crippen molar-refractivity contribution < 1.29 is 76.3 Å². The summed E-state index contributed by atoms with van der Waals surface area (Å²) < 4.78 is 34.5. The summed E-state index contributed by atoms with van der Waals surface area (Å²) in [6.45, 7) is 8.36. The van der Waals surface area contributed by atoms with Crippen LogP contribution in [0.1, 0.15) is 142 Å². The molecule has 4 nitrogen and oxygen atoms in total. The Morgan fingerprint density at radius 2 is 0.871 bits per heavy atom. The van der Waals surface area contributed by atoms with Crippen molar-refractivity contribution in [3.05, 3.63) is 6.92 Å². The van der Waals surface area contributed by atoms with E-state index in [1.807, 2.05) is 0 Å². The predicted octanol–water partition coefficient (Wildman–Crippen LogP) is 2.13. The maximum atomic E-state index is 10.1. The fraction of sp³-hybridized carbons (Fsp3) is 0.958. The van der Waals surface area contributed by atoms with Crippen molar-refractivity contribution in [2.45, 2.75) is 142 Å². The van der Waals surface area contributed by atoms with Crippen molar-refractivity contribution in [2.24, 2.45) is 0 Å². The Kier molecular flexibility index (Phi) is 44.0. The van der Waals surface area contributed by atoms with E-state index in [1.54, 1.807) is 0 Å². The Hall–Kier alpha value is 1.87. The number of hydrogen-bond acceptors (Lipinski definition) is 4. The minimum Gasteiger partial charge on any atom is -0.726 e. The third-order valence-electron chi connectivity index (χ3n) is 5.08. The molecule has 0 fully saturated rings. The maximum absolute atomic E-state index is 10.1. The van der Waals surface area contributed by atoms with Crippen molar-refractivity contribution in [3.8, 4) is 0 Å². The SMILES string of the molecule is CCCCCCCCCCCCOS(=O)(=O)[O-].[CH2-]CCCCCCCCCCC.[Na+].[Na+]. The largest absolute Gasteiger partial charge is 1.00 e. The topological polar surface area (TPSA) is 66.4 Å². The Bertz CT molecular complexity index is 383. The second kappa shape index (κ2) is 34.0. The van der Waals surface area contributed by atoms with Crippen LogP contribution in [0.2, 0.25) is 0 Å². The van der Waals surface area contributed by atoms with E-state index in [-0.39, 0.29) is 65.7 Å². The van der Waals surface area contributed by atoms with Crippen molar-refractivity contribution in [1.29, 1.82) is 0 Å². The third-order valence-corrected chi connectivity index (χ3v) is 5.53. The normalized spacial score (nSPS) is 10.6. The molecule has 0 amide bonds. The van der Waals surface area contributed by atoms with Gasteiger partial charge in [0.2, 0.25) is 10.4 Å². The van der Waals surface area contributed by atoms with Gasteiger partial charge in [-0.05, 0) is 6.42 Å². The summed E-state index contributed by atoms with van der Waals surface area (Å²) in [5.41, 5.74) is 0. The molecule has 0 bridgehead atoms. The van der Waals surface area contributed by atoms with Gasteiger partial charge in [-0.2, -0.15) is 6.42 Å². The Labute approximate surface area is 240 Å². The molecule has 0 aliphatic rings. The molecule has 0 atom stereocenters. The zero-order valence-electron chi connectivity index (χ0n) is 21.6. The van der Waals surface area contributed by atoms with E-state index in [0.29, 0.717) is 6.42 Å². The molecule has 0 aromatic rings. The summed E-state index contributed by atoms with van der Waals surface area (Å²) in [5.74, 6) is 0. The molecule has 0 rings (SSSR count). The van der Waals surface area contributed by atoms with Crippen molar-refractivity contribution in [1.82, 2.24) is 0 Å². The van der Waals surface area contributed by atoms with Gasteiger partial charge in [-0.3, -0.25) is 4.18 Å². The second-order valence-corrected chi connectivity index (χ2v) is 9.15. The van der Waals surface area contributed by atoms with E-state index in [9.17, 15) is 13.0 Å². The molecule has 0 saturated carbocycles. The van der Waals surface area contributed by atoms with Crippen LogP contribution in [-0.2, 0) is 14.6 Å². The number of unbranched alkanes of at least 4 members (excludes halogenated alkanes) is 18. The number of rotatable bonds is 21. The van der Waals surface area contributed by atoms with Crippen LogP contribution in [-0.4, -0.2) is 19.6 Å². The molecular formula is C24H50Na2O4S. The van der Waals surface area contributed by atoms with Gasteiger partial charge in [-0.15, -0.1) is 0 Å². The van der Waals surface area contributed by atoms with Crippen molar-refractivity contribution >= 4 is 10.4 Å². The average molecular weight is 481 g/mol. The molecule has 0 heterocycles. The molecular weight excluding hydrogens is 430 g/mol. The van der Waals surface area contributed by atoms with Crippen molar-refractivity contribution in [2.75, 3.05) is 6.61 Å². The zero-order valence-corrected chi connectivity index (χ0v) is 26.4. The molecule has 0 aromatic heterocycles. The van der Waals surface area contributed by atoms with Crippen LogP contribution >= 0.6 is 0 Å². The van der Waals surface area contributed by atoms with E-state index in [2.05, 4.69) is 25.0 Å². The summed E-state index contributed by atoms with van der Waals surface area (Å²) in [6, 6.07) is 0. The van der Waals surface area contributed by atoms with E-state index in [0.717, 1.165) is 19.3 Å². The Morgan fingerprint density at radius 3 is 1.16 bits per heavy atom. The third kappa shape index (κ3) is 46.0. The van der Waals surface area contributed by atoms with E-state index in [1.165, 1.54) is 103 Å². The Morgan fingerprint density at radius 1 is 0.581 bits per heavy atom. The maximum Gasteiger partial charge on any atom is 1.00 e. The first kappa shape index (κ1) is 40.1. The first-order valence-corrected chi connectivity index (χ1v) is 13.7. The van der Waals surface area contributed by atoms with Gasteiger partial charge in [-0.1, -0.05) is 129 Å². The molecule has 0 aromatic carbocycles. The summed E-state index contributed by atoms with van der Waals surface area (Å²) in [5, 5.41) is 0. The average Bonchev–Trinajstić information content (AvgIpc) is 2.68. The van der Waals surface area contributed by atoms with Crippen LogP contribution in [0.3, 0.4) is 0 Å². The summed E-state index contributed by atoms with van der Waals surface area (Å²) in [7, 11) is -4.48. The molecule has 7 heteroatoms. The van der Waals surface area contributed by atoms with Gasteiger partial charge in [0.05, 0.1) is 6.61 Å². The van der Waals surface area contributed by atoms with Gasteiger partial charge >= 0.3 is 59.1 Å². The standard InChI is InChI=1S/C12H26O4S.C12H25.2Na/c1-2-3-4-5-6-7-8-9-10-11-12-16-17(13,14)15;1-3-5-7-9-11-12-10-8-6-4-2;;/h2-12H2,1H3,(H,13,14,15);1,3-12H2,2H3;;/q;-1;2*+1/p-1. The van der Waals surface area contributed by atoms with Crippen LogP contribution in [0.25, 0.3) is 0 Å². The van der Waals surface area contributed by atoms with Crippen LogP contribution in [0.4, 0.5) is 0 Å². The van der Waals surface area contributed by atoms with Gasteiger partial charge < -0.3 is 11.5 Å². The molecule has 0 radical (unpaired) electrons. The molecule has 0 aliphatic carbocycles. The molecule has 0 aliphatic heterocycles. The Balaban J connectivity index is -0.000000232. The zero-order chi connectivity index (χ0) is 22.1. The predicted molar refractivity (Wildman–Crippen MR) is 125 cm³/mol. The van der Waals surface area contributed by atoms with E-state index < -0.39 is 10.4 Å². The molecule has 0 unspecified atom stereocenters. The summed E-state index contributed by atoms with van der Waals surface area (Å²) in [4.78, 5) is 0. The van der Waals surface area contributed by atoms with Crippen LogP contribution in [0.15, 0.2) is 0 Å². The van der Waals surface area contributed by atoms with Gasteiger partial charge in [0.15, 0.2) is 0 Å². The van der Waals surface area contributed by atoms with Crippen LogP contribution in [0, 0.1) is 6.92 Å². The van der Waals surface area contributed by atoms with E-state index >= 15 is 0 Å². The second-order valence-electron chi connectivity index (χ2n) is 8.09. The molecule has 178 valence electrons.